The van der Waals surface area contributed by atoms with E-state index < -0.39 is 0 Å². The number of nitrogens with zero attached hydrogens (tertiary/aromatic N) is 3. The van der Waals surface area contributed by atoms with Gasteiger partial charge in [-0.1, -0.05) is 33.8 Å². The molecule has 1 atom stereocenters. The van der Waals surface area contributed by atoms with Crippen molar-refractivity contribution in [2.75, 3.05) is 18.4 Å². The van der Waals surface area contributed by atoms with Crippen molar-refractivity contribution in [3.05, 3.63) is 10.6 Å². The van der Waals surface area contributed by atoms with Gasteiger partial charge in [0, 0.05) is 18.4 Å². The van der Waals surface area contributed by atoms with E-state index in [1.807, 2.05) is 4.90 Å². The van der Waals surface area contributed by atoms with Gasteiger partial charge < -0.3 is 4.90 Å². The molecule has 1 aromatic rings. The molecule has 1 aromatic heterocycles. The quantitative estimate of drug-likeness (QED) is 0.801. The van der Waals surface area contributed by atoms with Gasteiger partial charge in [0.25, 0.3) is 5.91 Å². The predicted octanol–water partition coefficient (Wildman–Crippen LogP) is 2.35. The molecule has 1 amide bonds. The fourth-order valence-corrected chi connectivity index (χ4v) is 3.26. The second-order valence-corrected chi connectivity index (χ2v) is 5.76. The molecule has 0 bridgehead atoms. The average molecular weight is 318 g/mol. The van der Waals surface area contributed by atoms with Gasteiger partial charge in [-0.15, -0.1) is 5.10 Å². The fraction of sp³-hybridized carbons (Fsp3) is 0.727. The van der Waals surface area contributed by atoms with Gasteiger partial charge in [0.05, 0.1) is 5.69 Å². The predicted molar refractivity (Wildman–Crippen MR) is 71.7 cm³/mol. The lowest BCUT2D eigenvalue weighted by molar-refractivity contribution is 0.0792. The Morgan fingerprint density at radius 1 is 1.65 bits per heavy atom. The van der Waals surface area contributed by atoms with Crippen LogP contribution in [0.3, 0.4) is 0 Å². The van der Waals surface area contributed by atoms with Gasteiger partial charge in [0.2, 0.25) is 0 Å². The number of hydrogen-bond acceptors (Lipinski definition) is 4. The van der Waals surface area contributed by atoms with Gasteiger partial charge in [0.15, 0.2) is 0 Å². The number of likely N-dealkylation sites (tertiary alicyclic amines) is 1. The molecule has 0 aromatic carbocycles. The highest BCUT2D eigenvalue weighted by Crippen LogP contribution is 2.22. The zero-order valence-electron chi connectivity index (χ0n) is 9.86. The molecule has 94 valence electrons. The van der Waals surface area contributed by atoms with E-state index in [4.69, 9.17) is 0 Å². The lowest BCUT2D eigenvalue weighted by Gasteiger charge is -2.15. The maximum Gasteiger partial charge on any atom is 0.267 e. The summed E-state index contributed by atoms with van der Waals surface area (Å²) >= 11 is 4.71. The zero-order chi connectivity index (χ0) is 12.3. The normalized spacial score (nSPS) is 19.9. The molecule has 1 aliphatic heterocycles. The van der Waals surface area contributed by atoms with Crippen LogP contribution in [-0.2, 0) is 6.42 Å². The summed E-state index contributed by atoms with van der Waals surface area (Å²) in [5, 5.41) is 5.02. The molecule has 0 aliphatic carbocycles. The average Bonchev–Trinajstić information content (AvgIpc) is 2.97. The molecule has 2 heterocycles. The number of carbonyl (C=O) groups excluding carboxylic acids is 1. The van der Waals surface area contributed by atoms with Crippen LogP contribution in [0.1, 0.15) is 35.1 Å². The summed E-state index contributed by atoms with van der Waals surface area (Å²) in [6.07, 6.45) is 2.93. The Balaban J connectivity index is 2.06. The second-order valence-electron chi connectivity index (χ2n) is 4.36. The van der Waals surface area contributed by atoms with Crippen LogP contribution in [-0.4, -0.2) is 38.8 Å². The van der Waals surface area contributed by atoms with E-state index in [0.29, 0.717) is 5.92 Å². The molecule has 4 nitrogen and oxygen atoms in total. The van der Waals surface area contributed by atoms with E-state index in [2.05, 4.69) is 32.4 Å². The molecule has 1 fully saturated rings. The lowest BCUT2D eigenvalue weighted by atomic mass is 10.2. The standard InChI is InChI=1S/C11H16BrN3OS/c1-2-3-9-10(17-14-13-9)11(16)15-5-4-8(6-12)7-15/h8H,2-7H2,1H3. The zero-order valence-corrected chi connectivity index (χ0v) is 12.3. The summed E-state index contributed by atoms with van der Waals surface area (Å²) in [5.41, 5.74) is 0.866. The first-order valence-corrected chi connectivity index (χ1v) is 7.82. The molecule has 0 N–H and O–H groups in total. The topological polar surface area (TPSA) is 46.1 Å². The monoisotopic (exact) mass is 317 g/mol. The van der Waals surface area contributed by atoms with Crippen molar-refractivity contribution in [3.63, 3.8) is 0 Å². The van der Waals surface area contributed by atoms with Crippen LogP contribution in [0.2, 0.25) is 0 Å². The van der Waals surface area contributed by atoms with Gasteiger partial charge in [-0.25, -0.2) is 0 Å². The minimum Gasteiger partial charge on any atom is -0.338 e. The van der Waals surface area contributed by atoms with Gasteiger partial charge in [-0.05, 0) is 30.3 Å². The van der Waals surface area contributed by atoms with Crippen molar-refractivity contribution in [1.82, 2.24) is 14.5 Å². The van der Waals surface area contributed by atoms with E-state index in [1.54, 1.807) is 0 Å². The molecule has 1 unspecified atom stereocenters. The molecule has 0 saturated carbocycles. The first kappa shape index (κ1) is 13.0. The Bertz CT molecular complexity index is 396. The maximum absolute atomic E-state index is 12.3. The lowest BCUT2D eigenvalue weighted by Crippen LogP contribution is -2.29. The van der Waals surface area contributed by atoms with Crippen LogP contribution in [0.25, 0.3) is 0 Å². The Labute approximate surface area is 114 Å². The van der Waals surface area contributed by atoms with Crippen LogP contribution < -0.4 is 0 Å². The molecular weight excluding hydrogens is 302 g/mol. The van der Waals surface area contributed by atoms with Gasteiger partial charge >= 0.3 is 0 Å². The number of carbonyl (C=O) groups is 1. The Kier molecular flexibility index (Phi) is 4.50. The van der Waals surface area contributed by atoms with Crippen molar-refractivity contribution in [3.8, 4) is 0 Å². The molecule has 6 heteroatoms. The summed E-state index contributed by atoms with van der Waals surface area (Å²) < 4.78 is 3.91. The first-order chi connectivity index (χ1) is 8.26. The highest BCUT2D eigenvalue weighted by atomic mass is 79.9. The van der Waals surface area contributed by atoms with Crippen molar-refractivity contribution in [1.29, 1.82) is 0 Å². The maximum atomic E-state index is 12.3. The number of amides is 1. The molecule has 2 rings (SSSR count). The van der Waals surface area contributed by atoms with Crippen molar-refractivity contribution in [2.45, 2.75) is 26.2 Å². The fourth-order valence-electron chi connectivity index (χ4n) is 2.06. The van der Waals surface area contributed by atoms with Crippen LogP contribution in [0.5, 0.6) is 0 Å². The smallest absolute Gasteiger partial charge is 0.267 e. The summed E-state index contributed by atoms with van der Waals surface area (Å²) in [6.45, 7) is 3.80. The minimum atomic E-state index is 0.118. The van der Waals surface area contributed by atoms with Crippen molar-refractivity contribution < 1.29 is 4.79 Å². The number of aromatic nitrogens is 2. The summed E-state index contributed by atoms with van der Waals surface area (Å²) in [6, 6.07) is 0. The minimum absolute atomic E-state index is 0.118. The van der Waals surface area contributed by atoms with E-state index in [0.717, 1.165) is 48.3 Å². The Morgan fingerprint density at radius 3 is 3.12 bits per heavy atom. The third kappa shape index (κ3) is 2.85. The van der Waals surface area contributed by atoms with Gasteiger partial charge in [0.1, 0.15) is 4.88 Å². The van der Waals surface area contributed by atoms with E-state index >= 15 is 0 Å². The van der Waals surface area contributed by atoms with Crippen molar-refractivity contribution >= 4 is 33.4 Å². The van der Waals surface area contributed by atoms with Crippen LogP contribution in [0.15, 0.2) is 0 Å². The van der Waals surface area contributed by atoms with Crippen LogP contribution in [0.4, 0.5) is 0 Å². The third-order valence-corrected chi connectivity index (χ3v) is 4.70. The Hall–Kier alpha value is -0.490. The second kappa shape index (κ2) is 5.91. The van der Waals surface area contributed by atoms with E-state index in [9.17, 15) is 4.79 Å². The highest BCUT2D eigenvalue weighted by Gasteiger charge is 2.28. The number of aryl methyl sites for hydroxylation is 1. The van der Waals surface area contributed by atoms with Gasteiger partial charge in [-0.3, -0.25) is 4.79 Å². The third-order valence-electron chi connectivity index (χ3n) is 3.03. The molecule has 17 heavy (non-hydrogen) atoms. The van der Waals surface area contributed by atoms with Gasteiger partial charge in [-0.2, -0.15) is 0 Å². The first-order valence-electron chi connectivity index (χ1n) is 5.92. The molecule has 0 radical (unpaired) electrons. The summed E-state index contributed by atoms with van der Waals surface area (Å²) in [5.74, 6) is 0.710. The molecular formula is C11H16BrN3OS. The highest BCUT2D eigenvalue weighted by molar-refractivity contribution is 9.09. The van der Waals surface area contributed by atoms with Crippen LogP contribution >= 0.6 is 27.5 Å². The molecule has 1 aliphatic rings. The van der Waals surface area contributed by atoms with Crippen molar-refractivity contribution in [2.24, 2.45) is 5.92 Å². The van der Waals surface area contributed by atoms with E-state index in [-0.39, 0.29) is 5.91 Å². The Morgan fingerprint density at radius 2 is 2.47 bits per heavy atom. The molecule has 0 spiro atoms. The van der Waals surface area contributed by atoms with Crippen LogP contribution in [0, 0.1) is 5.92 Å². The molecule has 1 saturated heterocycles. The summed E-state index contributed by atoms with van der Waals surface area (Å²) in [4.78, 5) is 15.0. The number of hydrogen-bond donors (Lipinski definition) is 0. The number of rotatable bonds is 4. The number of alkyl halides is 1. The van der Waals surface area contributed by atoms with E-state index in [1.165, 1.54) is 11.5 Å². The summed E-state index contributed by atoms with van der Waals surface area (Å²) in [7, 11) is 0. The SMILES string of the molecule is CCCc1nnsc1C(=O)N1CCC(CBr)C1. The number of halogens is 1. The largest absolute Gasteiger partial charge is 0.338 e.